The summed E-state index contributed by atoms with van der Waals surface area (Å²) in [6.07, 6.45) is 0. The molecule has 0 aliphatic rings. The molecule has 0 aromatic heterocycles. The van der Waals surface area contributed by atoms with Crippen LogP contribution in [0.4, 0.5) is 0 Å². The van der Waals surface area contributed by atoms with Gasteiger partial charge < -0.3 is 0 Å². The molecule has 3 heteroatoms. The minimum atomic E-state index is -0.614. The van der Waals surface area contributed by atoms with Crippen LogP contribution in [0.25, 0.3) is 0 Å². The van der Waals surface area contributed by atoms with E-state index in [0.29, 0.717) is 11.6 Å². The van der Waals surface area contributed by atoms with Crippen molar-refractivity contribution in [3.63, 3.8) is 0 Å². The number of halogens is 1. The van der Waals surface area contributed by atoms with Crippen LogP contribution in [0, 0.1) is 0 Å². The third-order valence-corrected chi connectivity index (χ3v) is 2.01. The highest BCUT2D eigenvalue weighted by molar-refractivity contribution is 6.95. The number of allylic oxidation sites excluding steroid dienone is 1. The molecule has 0 saturated carbocycles. The van der Waals surface area contributed by atoms with E-state index in [4.69, 9.17) is 11.1 Å². The molecule has 46 valence electrons. The first-order valence-corrected chi connectivity index (χ1v) is 5.57. The molecule has 0 aliphatic carbocycles. The van der Waals surface area contributed by atoms with Crippen LogP contribution in [0.5, 0.6) is 0 Å². The van der Waals surface area contributed by atoms with Gasteiger partial charge in [-0.2, -0.15) is 11.1 Å². The lowest BCUT2D eigenvalue weighted by Gasteiger charge is -1.90. The lowest BCUT2D eigenvalue weighted by Crippen LogP contribution is -1.98. The van der Waals surface area contributed by atoms with Gasteiger partial charge in [-0.1, -0.05) is 6.58 Å². The highest BCUT2D eigenvalue weighted by Gasteiger charge is 1.98. The van der Waals surface area contributed by atoms with E-state index in [1.165, 1.54) is 0 Å². The van der Waals surface area contributed by atoms with Gasteiger partial charge >= 0.3 is 0 Å². The largest absolute Gasteiger partial charge is 0.295 e. The Hall–Kier alpha value is -0.0831. The molecule has 0 aromatic rings. The first-order valence-electron chi connectivity index (χ1n) is 2.43. The molecule has 0 rings (SSSR count). The maximum atomic E-state index is 10.6. The summed E-state index contributed by atoms with van der Waals surface area (Å²) in [4.78, 5) is 10.6. The second-order valence-corrected chi connectivity index (χ2v) is 3.65. The molecule has 0 saturated heterocycles. The van der Waals surface area contributed by atoms with E-state index in [9.17, 15) is 4.79 Å². The van der Waals surface area contributed by atoms with Crippen LogP contribution in [0.2, 0.25) is 6.04 Å². The predicted molar refractivity (Wildman–Crippen MR) is 39.0 cm³/mol. The number of hydrogen-bond donors (Lipinski definition) is 0. The van der Waals surface area contributed by atoms with E-state index >= 15 is 0 Å². The van der Waals surface area contributed by atoms with Crippen LogP contribution in [0.15, 0.2) is 12.2 Å². The molecule has 0 amide bonds. The number of carbonyl (C=O) groups excluding carboxylic acids is 1. The summed E-state index contributed by atoms with van der Waals surface area (Å²) in [5.41, 5.74) is 0.623. The van der Waals surface area contributed by atoms with E-state index in [0.717, 1.165) is 0 Å². The Kier molecular flexibility index (Phi) is 3.82. The number of hydrogen-bond acceptors (Lipinski definition) is 1. The summed E-state index contributed by atoms with van der Waals surface area (Å²) in [6.45, 7) is 5.20. The summed E-state index contributed by atoms with van der Waals surface area (Å²) in [7, 11) is -0.614. The van der Waals surface area contributed by atoms with Crippen molar-refractivity contribution in [1.82, 2.24) is 0 Å². The normalized spacial score (nSPS) is 10.2. The minimum absolute atomic E-state index is 0.117. The number of ketones is 1. The van der Waals surface area contributed by atoms with Crippen LogP contribution in [-0.2, 0) is 4.79 Å². The zero-order chi connectivity index (χ0) is 6.57. The van der Waals surface area contributed by atoms with Gasteiger partial charge in [-0.15, -0.1) is 0 Å². The average molecular weight is 149 g/mol. The third-order valence-electron chi connectivity index (χ3n) is 0.798. The van der Waals surface area contributed by atoms with E-state index < -0.39 is 8.83 Å². The monoisotopic (exact) mass is 148 g/mol. The Balaban J connectivity index is 3.49. The molecule has 0 aliphatic heterocycles. The summed E-state index contributed by atoms with van der Waals surface area (Å²) in [6, 6.07) is 0.552. The van der Waals surface area contributed by atoms with Crippen LogP contribution < -0.4 is 0 Å². The summed E-state index contributed by atoms with van der Waals surface area (Å²) >= 11 is 5.42. The van der Waals surface area contributed by atoms with Gasteiger partial charge in [0.05, 0.1) is 0 Å². The smallest absolute Gasteiger partial charge is 0.156 e. The summed E-state index contributed by atoms with van der Waals surface area (Å²) in [5.74, 6) is 0.117. The van der Waals surface area contributed by atoms with Gasteiger partial charge in [0.2, 0.25) is 0 Å². The SMILES string of the molecule is C=C(C)C(=O)C[SiH2]Cl. The Labute approximate surface area is 56.3 Å². The van der Waals surface area contributed by atoms with Crippen LogP contribution >= 0.6 is 11.1 Å². The van der Waals surface area contributed by atoms with E-state index in [1.807, 2.05) is 0 Å². The Morgan fingerprint density at radius 1 is 1.88 bits per heavy atom. The molecule has 1 nitrogen and oxygen atoms in total. The average Bonchev–Trinajstić information content (AvgIpc) is 1.67. The second-order valence-electron chi connectivity index (χ2n) is 1.64. The maximum Gasteiger partial charge on any atom is 0.156 e. The molecule has 0 heterocycles. The quantitative estimate of drug-likeness (QED) is 0.330. The fourth-order valence-corrected chi connectivity index (χ4v) is 1.41. The van der Waals surface area contributed by atoms with Crippen molar-refractivity contribution in [3.8, 4) is 0 Å². The molecule has 0 unspecified atom stereocenters. The molecule has 0 spiro atoms. The highest BCUT2D eigenvalue weighted by atomic mass is 35.6. The van der Waals surface area contributed by atoms with Gasteiger partial charge in [0.1, 0.15) is 8.83 Å². The van der Waals surface area contributed by atoms with E-state index in [2.05, 4.69) is 6.58 Å². The summed E-state index contributed by atoms with van der Waals surface area (Å²) < 4.78 is 0. The standard InChI is InChI=1S/C5H9ClOSi/c1-4(2)5(7)3-8-6/h1,3,8H2,2H3. The third kappa shape index (κ3) is 2.99. The first kappa shape index (κ1) is 7.92. The first-order chi connectivity index (χ1) is 3.68. The van der Waals surface area contributed by atoms with Crippen molar-refractivity contribution in [2.45, 2.75) is 13.0 Å². The van der Waals surface area contributed by atoms with Gasteiger partial charge in [0.15, 0.2) is 5.78 Å². The fraction of sp³-hybridized carbons (Fsp3) is 0.400. The maximum absolute atomic E-state index is 10.6. The van der Waals surface area contributed by atoms with Gasteiger partial charge in [-0.25, -0.2) is 0 Å². The van der Waals surface area contributed by atoms with E-state index in [1.54, 1.807) is 6.92 Å². The molecule has 0 N–H and O–H groups in total. The number of rotatable bonds is 3. The molecule has 0 atom stereocenters. The lowest BCUT2D eigenvalue weighted by atomic mass is 10.2. The molecule has 8 heavy (non-hydrogen) atoms. The van der Waals surface area contributed by atoms with Gasteiger partial charge in [-0.3, -0.25) is 4.79 Å². The molecule has 0 aromatic carbocycles. The fourth-order valence-electron chi connectivity index (χ4n) is 0.299. The zero-order valence-corrected chi connectivity index (χ0v) is 7.08. The molecule has 0 fully saturated rings. The second kappa shape index (κ2) is 3.86. The van der Waals surface area contributed by atoms with Crippen LogP contribution in [0.3, 0.4) is 0 Å². The van der Waals surface area contributed by atoms with Crippen molar-refractivity contribution in [1.29, 1.82) is 0 Å². The van der Waals surface area contributed by atoms with Crippen molar-refractivity contribution >= 4 is 25.7 Å². The van der Waals surface area contributed by atoms with Crippen LogP contribution in [0.1, 0.15) is 6.92 Å². The van der Waals surface area contributed by atoms with Crippen molar-refractivity contribution in [2.75, 3.05) is 0 Å². The number of carbonyl (C=O) groups is 1. The van der Waals surface area contributed by atoms with Crippen LogP contribution in [-0.4, -0.2) is 14.6 Å². The van der Waals surface area contributed by atoms with Crippen molar-refractivity contribution < 1.29 is 4.79 Å². The number of Topliss-reactive ketones (excluding diaryl/α,β-unsaturated/α-hetero) is 1. The topological polar surface area (TPSA) is 17.1 Å². The van der Waals surface area contributed by atoms with Gasteiger partial charge in [-0.05, 0) is 12.5 Å². The molecule has 0 bridgehead atoms. The zero-order valence-electron chi connectivity index (χ0n) is 4.91. The van der Waals surface area contributed by atoms with Gasteiger partial charge in [0, 0.05) is 6.04 Å². The van der Waals surface area contributed by atoms with Crippen molar-refractivity contribution in [3.05, 3.63) is 12.2 Å². The Morgan fingerprint density at radius 2 is 2.38 bits per heavy atom. The van der Waals surface area contributed by atoms with E-state index in [-0.39, 0.29) is 5.78 Å². The Bertz CT molecular complexity index is 111. The summed E-state index contributed by atoms with van der Waals surface area (Å²) in [5, 5.41) is 0. The highest BCUT2D eigenvalue weighted by Crippen LogP contribution is 1.95. The van der Waals surface area contributed by atoms with Gasteiger partial charge in [0.25, 0.3) is 0 Å². The predicted octanol–water partition coefficient (Wildman–Crippen LogP) is 0.872. The Morgan fingerprint density at radius 3 is 2.50 bits per heavy atom. The lowest BCUT2D eigenvalue weighted by molar-refractivity contribution is -0.113. The van der Waals surface area contributed by atoms with Crippen molar-refractivity contribution in [2.24, 2.45) is 0 Å². The molecular formula is C5H9ClOSi. The minimum Gasteiger partial charge on any atom is -0.295 e. The molecular weight excluding hydrogens is 140 g/mol. The molecule has 0 radical (unpaired) electrons.